The minimum atomic E-state index is -1.39. The highest BCUT2D eigenvalue weighted by molar-refractivity contribution is 7.90. The molecule has 41 heavy (non-hydrogen) atoms. The van der Waals surface area contributed by atoms with E-state index < -0.39 is 27.9 Å². The largest absolute Gasteiger partial charge is 0.598 e. The maximum absolute atomic E-state index is 15.7. The molecule has 0 saturated heterocycles. The van der Waals surface area contributed by atoms with Gasteiger partial charge in [-0.2, -0.15) is 0 Å². The normalized spacial score (nSPS) is 12.4. The smallest absolute Gasteiger partial charge is 0.310 e. The average Bonchev–Trinajstić information content (AvgIpc) is 3.39. The van der Waals surface area contributed by atoms with E-state index in [1.54, 1.807) is 43.3 Å². The van der Waals surface area contributed by atoms with E-state index in [-0.39, 0.29) is 43.2 Å². The van der Waals surface area contributed by atoms with Gasteiger partial charge in [-0.25, -0.2) is 4.39 Å². The number of benzene rings is 2. The number of ether oxygens (including phenoxy) is 2. The van der Waals surface area contributed by atoms with Crippen LogP contribution in [-0.2, 0) is 40.5 Å². The van der Waals surface area contributed by atoms with Crippen molar-refractivity contribution in [2.75, 3.05) is 6.61 Å². The van der Waals surface area contributed by atoms with Crippen LogP contribution >= 0.6 is 0 Å². The molecular weight excluding hydrogens is 547 g/mol. The van der Waals surface area contributed by atoms with Crippen LogP contribution in [0.2, 0.25) is 0 Å². The standard InChI is InChI=1S/C31H33FN2O6S/c1-6-38-28(36)16-22-8-7-21(19(2)35)15-27(22)40-18-20-13-23-10-12-39-30(23)25(14-20)24-9-11-33-26(29(24)32)17-34-41(37)31(3,4)5/h7-15,34H,6,16-18H2,1-5H3/t41-/m0/s1. The second-order valence-corrected chi connectivity index (χ2v) is 12.5. The number of aromatic nitrogens is 1. The number of furan rings is 1. The molecule has 0 amide bonds. The van der Waals surface area contributed by atoms with Crippen LogP contribution in [0.25, 0.3) is 22.1 Å². The predicted molar refractivity (Wildman–Crippen MR) is 155 cm³/mol. The van der Waals surface area contributed by atoms with Crippen molar-refractivity contribution >= 4 is 34.1 Å². The van der Waals surface area contributed by atoms with Crippen LogP contribution < -0.4 is 9.46 Å². The van der Waals surface area contributed by atoms with Crippen molar-refractivity contribution in [1.82, 2.24) is 9.71 Å². The number of nitrogens with one attached hydrogen (secondary N) is 1. The summed E-state index contributed by atoms with van der Waals surface area (Å²) >= 11 is -1.39. The minimum absolute atomic E-state index is 0.00752. The summed E-state index contributed by atoms with van der Waals surface area (Å²) in [6.45, 7) is 8.99. The lowest BCUT2D eigenvalue weighted by Gasteiger charge is -2.23. The fraction of sp³-hybridized carbons (Fsp3) is 0.323. The number of fused-ring (bicyclic) bond motifs is 1. The Bertz CT molecular complexity index is 1560. The van der Waals surface area contributed by atoms with E-state index in [1.165, 1.54) is 19.4 Å². The summed E-state index contributed by atoms with van der Waals surface area (Å²) in [5, 5.41) is 0.745. The molecule has 0 fully saturated rings. The zero-order valence-corrected chi connectivity index (χ0v) is 24.5. The van der Waals surface area contributed by atoms with Gasteiger partial charge in [0.2, 0.25) is 0 Å². The lowest BCUT2D eigenvalue weighted by molar-refractivity contribution is -0.142. The minimum Gasteiger partial charge on any atom is -0.598 e. The third-order valence-corrected chi connectivity index (χ3v) is 7.82. The van der Waals surface area contributed by atoms with Crippen LogP contribution in [0, 0.1) is 5.82 Å². The number of carbonyl (C=O) groups is 2. The van der Waals surface area contributed by atoms with Gasteiger partial charge in [0.1, 0.15) is 22.7 Å². The average molecular weight is 581 g/mol. The first-order chi connectivity index (χ1) is 19.5. The molecule has 0 aliphatic rings. The number of Topliss-reactive ketones (excluding diaryl/α,β-unsaturated/α-hetero) is 1. The molecule has 8 nitrogen and oxygen atoms in total. The highest BCUT2D eigenvalue weighted by Crippen LogP contribution is 2.34. The summed E-state index contributed by atoms with van der Waals surface area (Å²) in [6, 6.07) is 11.9. The fourth-order valence-corrected chi connectivity index (χ4v) is 4.88. The van der Waals surface area contributed by atoms with E-state index in [1.807, 2.05) is 26.8 Å². The zero-order chi connectivity index (χ0) is 29.7. The number of ketones is 1. The maximum Gasteiger partial charge on any atom is 0.310 e. The molecule has 1 N–H and O–H groups in total. The van der Waals surface area contributed by atoms with Gasteiger partial charge in [0, 0.05) is 45.2 Å². The number of hydrogen-bond acceptors (Lipinski definition) is 8. The molecule has 0 saturated carbocycles. The molecule has 4 rings (SSSR count). The first-order valence-corrected chi connectivity index (χ1v) is 14.3. The molecule has 0 aliphatic carbocycles. The third-order valence-electron chi connectivity index (χ3n) is 6.30. The molecule has 2 heterocycles. The van der Waals surface area contributed by atoms with E-state index in [0.717, 1.165) is 5.39 Å². The summed E-state index contributed by atoms with van der Waals surface area (Å²) in [7, 11) is 0. The van der Waals surface area contributed by atoms with Crippen molar-refractivity contribution in [3.8, 4) is 16.9 Å². The Balaban J connectivity index is 1.65. The number of pyridine rings is 1. The summed E-state index contributed by atoms with van der Waals surface area (Å²) in [4.78, 5) is 28.3. The zero-order valence-electron chi connectivity index (χ0n) is 23.7. The highest BCUT2D eigenvalue weighted by Gasteiger charge is 2.27. The van der Waals surface area contributed by atoms with E-state index in [9.17, 15) is 14.1 Å². The van der Waals surface area contributed by atoms with Crippen molar-refractivity contribution in [2.45, 2.75) is 58.9 Å². The van der Waals surface area contributed by atoms with E-state index in [0.29, 0.717) is 33.6 Å². The molecule has 0 unspecified atom stereocenters. The molecule has 0 bridgehead atoms. The number of nitrogens with zero attached hydrogens (tertiary/aromatic N) is 1. The van der Waals surface area contributed by atoms with Crippen LogP contribution in [0.3, 0.4) is 0 Å². The Morgan fingerprint density at radius 2 is 1.90 bits per heavy atom. The van der Waals surface area contributed by atoms with Crippen molar-refractivity contribution in [3.63, 3.8) is 0 Å². The summed E-state index contributed by atoms with van der Waals surface area (Å²) in [5.41, 5.74) is 3.17. The van der Waals surface area contributed by atoms with Crippen molar-refractivity contribution < 1.29 is 32.4 Å². The monoisotopic (exact) mass is 580 g/mol. The Morgan fingerprint density at radius 3 is 2.61 bits per heavy atom. The number of carbonyl (C=O) groups excluding carboxylic acids is 2. The molecule has 2 aromatic carbocycles. The van der Waals surface area contributed by atoms with Gasteiger partial charge in [-0.05, 0) is 70.5 Å². The van der Waals surface area contributed by atoms with Gasteiger partial charge < -0.3 is 18.4 Å². The van der Waals surface area contributed by atoms with Gasteiger partial charge in [-0.1, -0.05) is 12.1 Å². The molecular formula is C31H33FN2O6S. The SMILES string of the molecule is CCOC(=O)Cc1ccc(C(C)=O)cc1OCc1cc(-c2ccnc(CN[S@@+]([O-])C(C)(C)C)c2F)c2occc2c1. The van der Waals surface area contributed by atoms with Gasteiger partial charge in [0.05, 0.1) is 31.5 Å². The lowest BCUT2D eigenvalue weighted by atomic mass is 10.00. The van der Waals surface area contributed by atoms with Crippen LogP contribution in [-0.4, -0.2) is 32.6 Å². The van der Waals surface area contributed by atoms with Gasteiger partial charge in [-0.15, -0.1) is 4.72 Å². The van der Waals surface area contributed by atoms with Gasteiger partial charge in [0.15, 0.2) is 11.6 Å². The van der Waals surface area contributed by atoms with Gasteiger partial charge in [0.25, 0.3) is 0 Å². The van der Waals surface area contributed by atoms with Crippen LogP contribution in [0.5, 0.6) is 5.75 Å². The molecule has 10 heteroatoms. The number of rotatable bonds is 11. The molecule has 216 valence electrons. The van der Waals surface area contributed by atoms with Crippen molar-refractivity contribution in [2.24, 2.45) is 0 Å². The number of esters is 1. The highest BCUT2D eigenvalue weighted by atomic mass is 32.2. The van der Waals surface area contributed by atoms with Crippen LogP contribution in [0.4, 0.5) is 4.39 Å². The van der Waals surface area contributed by atoms with E-state index in [4.69, 9.17) is 13.9 Å². The topological polar surface area (TPSA) is 114 Å². The Morgan fingerprint density at radius 1 is 1.12 bits per heavy atom. The second kappa shape index (κ2) is 12.8. The number of halogens is 1. The van der Waals surface area contributed by atoms with E-state index >= 15 is 4.39 Å². The van der Waals surface area contributed by atoms with E-state index in [2.05, 4.69) is 9.71 Å². The second-order valence-electron chi connectivity index (χ2n) is 10.5. The van der Waals surface area contributed by atoms with Crippen LogP contribution in [0.1, 0.15) is 61.8 Å². The predicted octanol–water partition coefficient (Wildman–Crippen LogP) is 6.07. The quantitative estimate of drug-likeness (QED) is 0.129. The number of hydrogen-bond donors (Lipinski definition) is 1. The molecule has 4 aromatic rings. The summed E-state index contributed by atoms with van der Waals surface area (Å²) in [6.07, 6.45) is 3.02. The molecule has 0 spiro atoms. The molecule has 2 aromatic heterocycles. The molecule has 1 atom stereocenters. The molecule has 0 radical (unpaired) electrons. The first-order valence-electron chi connectivity index (χ1n) is 13.2. The van der Waals surface area contributed by atoms with Crippen LogP contribution in [0.15, 0.2) is 59.3 Å². The molecule has 0 aliphatic heterocycles. The lowest BCUT2D eigenvalue weighted by Crippen LogP contribution is -2.39. The third kappa shape index (κ3) is 7.32. The maximum atomic E-state index is 15.7. The van der Waals surface area contributed by atoms with Crippen molar-refractivity contribution in [1.29, 1.82) is 0 Å². The Labute approximate surface area is 241 Å². The Kier molecular flexibility index (Phi) is 9.47. The van der Waals surface area contributed by atoms with Gasteiger partial charge >= 0.3 is 5.97 Å². The van der Waals surface area contributed by atoms with Gasteiger partial charge in [-0.3, -0.25) is 14.6 Å². The summed E-state index contributed by atoms with van der Waals surface area (Å²) in [5.74, 6) is -0.702. The summed E-state index contributed by atoms with van der Waals surface area (Å²) < 4.78 is 47.4. The fourth-order valence-electron chi connectivity index (χ4n) is 4.18. The first kappa shape index (κ1) is 30.2. The Hall–Kier alpha value is -3.73. The van der Waals surface area contributed by atoms with Crippen molar-refractivity contribution in [3.05, 3.63) is 83.1 Å².